The molecule has 2 unspecified atom stereocenters. The van der Waals surface area contributed by atoms with Gasteiger partial charge in [0.25, 0.3) is 0 Å². The molecule has 19 heavy (non-hydrogen) atoms. The molecule has 3 rings (SSSR count). The van der Waals surface area contributed by atoms with Crippen LogP contribution in [-0.4, -0.2) is 53.1 Å². The van der Waals surface area contributed by atoms with Crippen molar-refractivity contribution in [1.82, 2.24) is 9.80 Å². The first-order chi connectivity index (χ1) is 9.15. The van der Waals surface area contributed by atoms with E-state index < -0.39 is 5.97 Å². The third kappa shape index (κ3) is 2.38. The van der Waals surface area contributed by atoms with Crippen molar-refractivity contribution in [3.8, 4) is 0 Å². The summed E-state index contributed by atoms with van der Waals surface area (Å²) >= 11 is 0. The van der Waals surface area contributed by atoms with Gasteiger partial charge in [-0.15, -0.1) is 0 Å². The topological polar surface area (TPSA) is 43.8 Å². The van der Waals surface area contributed by atoms with Crippen LogP contribution in [0.2, 0.25) is 0 Å². The summed E-state index contributed by atoms with van der Waals surface area (Å²) in [5, 5.41) is 9.51. The Hall–Kier alpha value is -1.39. The number of hydrogen-bond donors (Lipinski definition) is 1. The quantitative estimate of drug-likeness (QED) is 0.868. The van der Waals surface area contributed by atoms with Gasteiger partial charge in [0.1, 0.15) is 6.04 Å². The number of aliphatic carboxylic acids is 1. The Kier molecular flexibility index (Phi) is 3.29. The van der Waals surface area contributed by atoms with Gasteiger partial charge in [-0.25, -0.2) is 0 Å². The number of carboxylic acids is 1. The van der Waals surface area contributed by atoms with Gasteiger partial charge in [-0.2, -0.15) is 0 Å². The summed E-state index contributed by atoms with van der Waals surface area (Å²) in [7, 11) is 2.10. The van der Waals surface area contributed by atoms with E-state index in [1.165, 1.54) is 11.1 Å². The van der Waals surface area contributed by atoms with Gasteiger partial charge in [-0.3, -0.25) is 9.69 Å². The van der Waals surface area contributed by atoms with Crippen molar-refractivity contribution in [2.24, 2.45) is 0 Å². The molecule has 0 bridgehead atoms. The number of carboxylic acid groups (broad SMARTS) is 1. The molecule has 1 aromatic rings. The normalized spacial score (nSPS) is 28.3. The van der Waals surface area contributed by atoms with Crippen LogP contribution < -0.4 is 0 Å². The molecule has 4 heteroatoms. The smallest absolute Gasteiger partial charge is 0.321 e. The van der Waals surface area contributed by atoms with E-state index in [2.05, 4.69) is 29.0 Å². The van der Waals surface area contributed by atoms with Crippen LogP contribution in [0.4, 0.5) is 0 Å². The number of benzene rings is 1. The van der Waals surface area contributed by atoms with Crippen molar-refractivity contribution >= 4 is 5.97 Å². The second kappa shape index (κ2) is 4.94. The van der Waals surface area contributed by atoms with E-state index in [-0.39, 0.29) is 6.04 Å². The highest BCUT2D eigenvalue weighted by Gasteiger charge is 2.37. The Balaban J connectivity index is 1.87. The minimum absolute atomic E-state index is 0.369. The fourth-order valence-electron chi connectivity index (χ4n) is 3.34. The summed E-state index contributed by atoms with van der Waals surface area (Å²) in [6, 6.07) is 8.23. The van der Waals surface area contributed by atoms with Crippen molar-refractivity contribution in [2.45, 2.75) is 31.5 Å². The Labute approximate surface area is 113 Å². The van der Waals surface area contributed by atoms with E-state index >= 15 is 0 Å². The molecule has 2 atom stereocenters. The van der Waals surface area contributed by atoms with Gasteiger partial charge in [0, 0.05) is 19.1 Å². The minimum atomic E-state index is -0.691. The SMILES string of the molecule is CN1CCC(N2Cc3ccccc3CC2C(=O)O)C1. The molecule has 0 spiro atoms. The molecule has 0 amide bonds. The molecule has 102 valence electrons. The maximum absolute atomic E-state index is 11.6. The molecule has 0 saturated carbocycles. The highest BCUT2D eigenvalue weighted by molar-refractivity contribution is 5.74. The number of fused-ring (bicyclic) bond motifs is 1. The summed E-state index contributed by atoms with van der Waals surface area (Å²) in [4.78, 5) is 16.0. The average Bonchev–Trinajstić information content (AvgIpc) is 2.83. The van der Waals surface area contributed by atoms with Gasteiger partial charge in [0.2, 0.25) is 0 Å². The lowest BCUT2D eigenvalue weighted by atomic mass is 9.92. The van der Waals surface area contributed by atoms with Crippen molar-refractivity contribution in [3.05, 3.63) is 35.4 Å². The van der Waals surface area contributed by atoms with Crippen molar-refractivity contribution in [3.63, 3.8) is 0 Å². The largest absolute Gasteiger partial charge is 0.480 e. The Bertz CT molecular complexity index is 489. The van der Waals surface area contributed by atoms with Gasteiger partial charge < -0.3 is 10.0 Å². The number of carbonyl (C=O) groups is 1. The van der Waals surface area contributed by atoms with Crippen LogP contribution in [0.5, 0.6) is 0 Å². The molecule has 4 nitrogen and oxygen atoms in total. The third-order valence-electron chi connectivity index (χ3n) is 4.41. The Morgan fingerprint density at radius 3 is 2.68 bits per heavy atom. The number of hydrogen-bond acceptors (Lipinski definition) is 3. The van der Waals surface area contributed by atoms with Crippen LogP contribution >= 0.6 is 0 Å². The second-order valence-electron chi connectivity index (χ2n) is 5.70. The minimum Gasteiger partial charge on any atom is -0.480 e. The second-order valence-corrected chi connectivity index (χ2v) is 5.70. The average molecular weight is 260 g/mol. The molecule has 1 N–H and O–H groups in total. The third-order valence-corrected chi connectivity index (χ3v) is 4.41. The zero-order chi connectivity index (χ0) is 13.4. The van der Waals surface area contributed by atoms with E-state index in [0.29, 0.717) is 12.5 Å². The van der Waals surface area contributed by atoms with E-state index in [9.17, 15) is 9.90 Å². The van der Waals surface area contributed by atoms with Crippen LogP contribution in [0.1, 0.15) is 17.5 Å². The van der Waals surface area contributed by atoms with Crippen molar-refractivity contribution < 1.29 is 9.90 Å². The predicted molar refractivity (Wildman–Crippen MR) is 73.0 cm³/mol. The van der Waals surface area contributed by atoms with Gasteiger partial charge in [0.15, 0.2) is 0 Å². The molecular formula is C15H20N2O2. The monoisotopic (exact) mass is 260 g/mol. The molecule has 2 aliphatic heterocycles. The number of likely N-dealkylation sites (N-methyl/N-ethyl adjacent to an activating group) is 1. The lowest BCUT2D eigenvalue weighted by Crippen LogP contribution is -2.51. The molecule has 0 aromatic heterocycles. The molecule has 0 radical (unpaired) electrons. The van der Waals surface area contributed by atoms with Crippen LogP contribution in [0.25, 0.3) is 0 Å². The molecule has 1 aromatic carbocycles. The fraction of sp³-hybridized carbons (Fsp3) is 0.533. The van der Waals surface area contributed by atoms with E-state index in [1.807, 2.05) is 12.1 Å². The van der Waals surface area contributed by atoms with Crippen molar-refractivity contribution in [1.29, 1.82) is 0 Å². The maximum atomic E-state index is 11.6. The fourth-order valence-corrected chi connectivity index (χ4v) is 3.34. The summed E-state index contributed by atoms with van der Waals surface area (Å²) in [5.41, 5.74) is 2.48. The summed E-state index contributed by atoms with van der Waals surface area (Å²) in [6.07, 6.45) is 1.70. The van der Waals surface area contributed by atoms with Crippen LogP contribution in [0.15, 0.2) is 24.3 Å². The summed E-state index contributed by atoms with van der Waals surface area (Å²) in [5.74, 6) is -0.691. The van der Waals surface area contributed by atoms with Gasteiger partial charge in [-0.05, 0) is 37.6 Å². The first-order valence-corrected chi connectivity index (χ1v) is 6.89. The summed E-state index contributed by atoms with van der Waals surface area (Å²) < 4.78 is 0. The van der Waals surface area contributed by atoms with E-state index in [1.54, 1.807) is 0 Å². The number of likely N-dealkylation sites (tertiary alicyclic amines) is 1. The van der Waals surface area contributed by atoms with Crippen molar-refractivity contribution in [2.75, 3.05) is 20.1 Å². The molecule has 2 heterocycles. The first kappa shape index (κ1) is 12.6. The zero-order valence-corrected chi connectivity index (χ0v) is 11.2. The predicted octanol–water partition coefficient (Wildman–Crippen LogP) is 1.20. The van der Waals surface area contributed by atoms with E-state index in [0.717, 1.165) is 26.1 Å². The van der Waals surface area contributed by atoms with Crippen LogP contribution in [-0.2, 0) is 17.8 Å². The van der Waals surface area contributed by atoms with Crippen LogP contribution in [0.3, 0.4) is 0 Å². The number of nitrogens with zero attached hydrogens (tertiary/aromatic N) is 2. The van der Waals surface area contributed by atoms with E-state index in [4.69, 9.17) is 0 Å². The number of rotatable bonds is 2. The van der Waals surface area contributed by atoms with Gasteiger partial charge in [-0.1, -0.05) is 24.3 Å². The lowest BCUT2D eigenvalue weighted by molar-refractivity contribution is -0.145. The molecule has 1 fully saturated rings. The maximum Gasteiger partial charge on any atom is 0.321 e. The highest BCUT2D eigenvalue weighted by Crippen LogP contribution is 2.28. The Morgan fingerprint density at radius 2 is 2.05 bits per heavy atom. The lowest BCUT2D eigenvalue weighted by Gasteiger charge is -2.38. The standard InChI is InChI=1S/C15H20N2O2/c1-16-7-6-13(10-16)17-9-12-5-3-2-4-11(12)8-14(17)15(18)19/h2-5,13-14H,6-10H2,1H3,(H,18,19). The summed E-state index contributed by atoms with van der Waals surface area (Å²) in [6.45, 7) is 2.81. The molecule has 1 saturated heterocycles. The van der Waals surface area contributed by atoms with Crippen LogP contribution in [0, 0.1) is 0 Å². The molecular weight excluding hydrogens is 240 g/mol. The Morgan fingerprint density at radius 1 is 1.32 bits per heavy atom. The molecule has 0 aliphatic carbocycles. The van der Waals surface area contributed by atoms with Gasteiger partial charge >= 0.3 is 5.97 Å². The molecule has 2 aliphatic rings. The first-order valence-electron chi connectivity index (χ1n) is 6.89. The van der Waals surface area contributed by atoms with Gasteiger partial charge in [0.05, 0.1) is 0 Å². The highest BCUT2D eigenvalue weighted by atomic mass is 16.4. The zero-order valence-electron chi connectivity index (χ0n) is 11.2.